The molecule has 0 spiro atoms. The van der Waals surface area contributed by atoms with Crippen molar-refractivity contribution in [3.63, 3.8) is 0 Å². The first-order valence-electron chi connectivity index (χ1n) is 6.27. The number of rotatable bonds is 1. The molecule has 3 heteroatoms. The van der Waals surface area contributed by atoms with E-state index in [1.807, 2.05) is 18.2 Å². The Kier molecular flexibility index (Phi) is 3.41. The van der Waals surface area contributed by atoms with Gasteiger partial charge in [-0.15, -0.1) is 0 Å². The molecule has 18 heavy (non-hydrogen) atoms. The van der Waals surface area contributed by atoms with Crippen molar-refractivity contribution >= 4 is 11.8 Å². The Morgan fingerprint density at radius 3 is 2.67 bits per heavy atom. The third-order valence-electron chi connectivity index (χ3n) is 3.53. The number of allylic oxidation sites excluding steroid dienone is 1. The number of hydrogen-bond donors (Lipinski definition) is 1. The van der Waals surface area contributed by atoms with Crippen LogP contribution in [-0.4, -0.2) is 22.6 Å². The zero-order valence-corrected chi connectivity index (χ0v) is 11.1. The van der Waals surface area contributed by atoms with Gasteiger partial charge in [-0.1, -0.05) is 25.1 Å². The van der Waals surface area contributed by atoms with Gasteiger partial charge in [-0.25, -0.2) is 4.79 Å². The van der Waals surface area contributed by atoms with Crippen molar-refractivity contribution in [2.24, 2.45) is 5.92 Å². The van der Waals surface area contributed by atoms with E-state index < -0.39 is 6.09 Å². The molecule has 0 aromatic heterocycles. The van der Waals surface area contributed by atoms with E-state index in [0.717, 1.165) is 17.7 Å². The Bertz CT molecular complexity index is 505. The van der Waals surface area contributed by atoms with Crippen molar-refractivity contribution in [2.45, 2.75) is 27.2 Å². The lowest BCUT2D eigenvalue weighted by Crippen LogP contribution is -2.34. The minimum Gasteiger partial charge on any atom is -0.465 e. The number of nitrogens with zero attached hydrogens (tertiary/aromatic N) is 1. The molecule has 1 heterocycles. The van der Waals surface area contributed by atoms with Crippen LogP contribution in [0.5, 0.6) is 0 Å². The van der Waals surface area contributed by atoms with Crippen molar-refractivity contribution in [1.29, 1.82) is 0 Å². The maximum atomic E-state index is 11.3. The first-order valence-corrected chi connectivity index (χ1v) is 6.27. The Morgan fingerprint density at radius 1 is 1.33 bits per heavy atom. The second-order valence-electron chi connectivity index (χ2n) is 5.12. The summed E-state index contributed by atoms with van der Waals surface area (Å²) in [5.74, 6) is 0.386. The number of carbonyl (C=O) groups is 1. The highest BCUT2D eigenvalue weighted by Gasteiger charge is 2.24. The summed E-state index contributed by atoms with van der Waals surface area (Å²) in [5.41, 5.74) is 4.24. The minimum atomic E-state index is -0.869. The largest absolute Gasteiger partial charge is 0.465 e. The number of hydrogen-bond acceptors (Lipinski definition) is 1. The van der Waals surface area contributed by atoms with E-state index in [-0.39, 0.29) is 0 Å². The van der Waals surface area contributed by atoms with E-state index in [0.29, 0.717) is 12.5 Å². The van der Waals surface area contributed by atoms with Crippen LogP contribution in [0, 0.1) is 19.8 Å². The van der Waals surface area contributed by atoms with Crippen LogP contribution in [0.25, 0.3) is 5.70 Å². The Hall–Kier alpha value is -1.77. The van der Waals surface area contributed by atoms with Crippen LogP contribution in [-0.2, 0) is 0 Å². The van der Waals surface area contributed by atoms with E-state index in [1.165, 1.54) is 16.0 Å². The summed E-state index contributed by atoms with van der Waals surface area (Å²) < 4.78 is 0. The normalized spacial score (nSPS) is 19.6. The zero-order valence-electron chi connectivity index (χ0n) is 11.1. The predicted octanol–water partition coefficient (Wildman–Crippen LogP) is 3.66. The molecule has 0 saturated heterocycles. The lowest BCUT2D eigenvalue weighted by atomic mass is 9.97. The standard InChI is InChI=1S/C15H19NO2/c1-10-4-7-14(16(9-10)15(17)18)13-6-5-11(2)12(3)8-13/h5-8,10H,4,9H2,1-3H3,(H,17,18)/t10-/m0/s1. The molecule has 0 aliphatic carbocycles. The minimum absolute atomic E-state index is 0.386. The van der Waals surface area contributed by atoms with Gasteiger partial charge in [0.25, 0.3) is 0 Å². The highest BCUT2D eigenvalue weighted by atomic mass is 16.4. The fourth-order valence-corrected chi connectivity index (χ4v) is 2.26. The van der Waals surface area contributed by atoms with Gasteiger partial charge in [0.1, 0.15) is 0 Å². The summed E-state index contributed by atoms with van der Waals surface area (Å²) in [7, 11) is 0. The molecule has 1 atom stereocenters. The van der Waals surface area contributed by atoms with Gasteiger partial charge in [-0.3, -0.25) is 4.90 Å². The molecular formula is C15H19NO2. The molecule has 1 aromatic rings. The van der Waals surface area contributed by atoms with Crippen molar-refractivity contribution in [2.75, 3.05) is 6.54 Å². The molecule has 1 amide bonds. The van der Waals surface area contributed by atoms with Crippen LogP contribution in [0.2, 0.25) is 0 Å². The van der Waals surface area contributed by atoms with E-state index in [2.05, 4.69) is 26.8 Å². The summed E-state index contributed by atoms with van der Waals surface area (Å²) >= 11 is 0. The van der Waals surface area contributed by atoms with E-state index in [1.54, 1.807) is 0 Å². The lowest BCUT2D eigenvalue weighted by Gasteiger charge is -2.30. The van der Waals surface area contributed by atoms with Crippen molar-refractivity contribution in [1.82, 2.24) is 4.90 Å². The molecule has 1 aromatic carbocycles. The smallest absolute Gasteiger partial charge is 0.411 e. The van der Waals surface area contributed by atoms with E-state index in [4.69, 9.17) is 0 Å². The molecule has 3 nitrogen and oxygen atoms in total. The Labute approximate surface area is 108 Å². The van der Waals surface area contributed by atoms with Crippen molar-refractivity contribution in [3.05, 3.63) is 41.0 Å². The maximum Gasteiger partial charge on any atom is 0.411 e. The van der Waals surface area contributed by atoms with Gasteiger partial charge in [0.15, 0.2) is 0 Å². The maximum absolute atomic E-state index is 11.3. The Balaban J connectivity index is 2.40. The molecule has 96 valence electrons. The second kappa shape index (κ2) is 4.84. The molecule has 0 saturated carbocycles. The van der Waals surface area contributed by atoms with Gasteiger partial charge >= 0.3 is 6.09 Å². The predicted molar refractivity (Wildman–Crippen MR) is 72.4 cm³/mol. The number of amides is 1. The first-order chi connectivity index (χ1) is 8.49. The topological polar surface area (TPSA) is 40.5 Å². The molecule has 0 fully saturated rings. The van der Waals surface area contributed by atoms with Gasteiger partial charge in [0, 0.05) is 6.54 Å². The fraction of sp³-hybridized carbons (Fsp3) is 0.400. The number of benzene rings is 1. The van der Waals surface area contributed by atoms with Gasteiger partial charge in [-0.05, 0) is 48.9 Å². The summed E-state index contributed by atoms with van der Waals surface area (Å²) in [4.78, 5) is 12.8. The average Bonchev–Trinajstić information content (AvgIpc) is 2.32. The van der Waals surface area contributed by atoms with Crippen LogP contribution in [0.15, 0.2) is 24.3 Å². The highest BCUT2D eigenvalue weighted by Crippen LogP contribution is 2.28. The molecule has 1 N–H and O–H groups in total. The number of carboxylic acid groups (broad SMARTS) is 1. The second-order valence-corrected chi connectivity index (χ2v) is 5.12. The molecule has 0 bridgehead atoms. The fourth-order valence-electron chi connectivity index (χ4n) is 2.26. The third-order valence-corrected chi connectivity index (χ3v) is 3.53. The quantitative estimate of drug-likeness (QED) is 0.820. The molecule has 1 aliphatic heterocycles. The van der Waals surface area contributed by atoms with Crippen LogP contribution in [0.4, 0.5) is 4.79 Å². The molecule has 2 rings (SSSR count). The SMILES string of the molecule is Cc1ccc(C2=CC[C@H](C)CN2C(=O)O)cc1C. The van der Waals surface area contributed by atoms with Crippen LogP contribution in [0.3, 0.4) is 0 Å². The summed E-state index contributed by atoms with van der Waals surface area (Å²) in [6, 6.07) is 6.11. The zero-order chi connectivity index (χ0) is 13.3. The summed E-state index contributed by atoms with van der Waals surface area (Å²) in [5, 5.41) is 9.30. The van der Waals surface area contributed by atoms with Gasteiger partial charge in [0.2, 0.25) is 0 Å². The summed E-state index contributed by atoms with van der Waals surface area (Å²) in [6.07, 6.45) is 2.10. The van der Waals surface area contributed by atoms with Gasteiger partial charge < -0.3 is 5.11 Å². The van der Waals surface area contributed by atoms with Crippen LogP contribution >= 0.6 is 0 Å². The summed E-state index contributed by atoms with van der Waals surface area (Å²) in [6.45, 7) is 6.76. The monoisotopic (exact) mass is 245 g/mol. The third kappa shape index (κ3) is 2.40. The Morgan fingerprint density at radius 2 is 2.06 bits per heavy atom. The average molecular weight is 245 g/mol. The number of aryl methyl sites for hydroxylation is 2. The molecular weight excluding hydrogens is 226 g/mol. The van der Waals surface area contributed by atoms with Gasteiger partial charge in [0.05, 0.1) is 5.70 Å². The van der Waals surface area contributed by atoms with E-state index >= 15 is 0 Å². The van der Waals surface area contributed by atoms with E-state index in [9.17, 15) is 9.90 Å². The van der Waals surface area contributed by atoms with Crippen molar-refractivity contribution < 1.29 is 9.90 Å². The van der Waals surface area contributed by atoms with Crippen LogP contribution < -0.4 is 0 Å². The first kappa shape index (κ1) is 12.7. The lowest BCUT2D eigenvalue weighted by molar-refractivity contribution is 0.159. The molecule has 0 unspecified atom stereocenters. The van der Waals surface area contributed by atoms with Gasteiger partial charge in [-0.2, -0.15) is 0 Å². The highest BCUT2D eigenvalue weighted by molar-refractivity contribution is 5.81. The van der Waals surface area contributed by atoms with Crippen LogP contribution in [0.1, 0.15) is 30.0 Å². The molecule has 1 aliphatic rings. The molecule has 0 radical (unpaired) electrons. The van der Waals surface area contributed by atoms with Crippen molar-refractivity contribution in [3.8, 4) is 0 Å².